The monoisotopic (exact) mass is 300 g/mol. The number of carboxylic acids is 1. The molecule has 0 aliphatic heterocycles. The number of carbonyl (C=O) groups excluding carboxylic acids is 1. The van der Waals surface area contributed by atoms with Crippen molar-refractivity contribution in [3.8, 4) is 0 Å². The van der Waals surface area contributed by atoms with Gasteiger partial charge in [0.05, 0.1) is 5.92 Å². The Labute approximate surface area is 129 Å². The van der Waals surface area contributed by atoms with E-state index in [2.05, 4.69) is 19.2 Å². The summed E-state index contributed by atoms with van der Waals surface area (Å²) in [6.45, 7) is 14.9. The summed E-state index contributed by atoms with van der Waals surface area (Å²) in [5.74, 6) is -1.03. The van der Waals surface area contributed by atoms with Gasteiger partial charge in [-0.25, -0.2) is 4.79 Å². The van der Waals surface area contributed by atoms with Crippen LogP contribution in [0, 0.1) is 17.3 Å². The Morgan fingerprint density at radius 3 is 2.00 bits per heavy atom. The van der Waals surface area contributed by atoms with E-state index >= 15 is 0 Å². The van der Waals surface area contributed by atoms with E-state index in [9.17, 15) is 14.7 Å². The van der Waals surface area contributed by atoms with Gasteiger partial charge in [-0.3, -0.25) is 4.79 Å². The quantitative estimate of drug-likeness (QED) is 0.758. The molecule has 0 radical (unpaired) electrons. The highest BCUT2D eigenvalue weighted by Crippen LogP contribution is 2.24. The molecular formula is C16H32N2O3. The molecular weight excluding hydrogens is 268 g/mol. The molecule has 2 N–H and O–H groups in total. The molecule has 0 aromatic heterocycles. The third kappa shape index (κ3) is 8.58. The average molecular weight is 300 g/mol. The minimum atomic E-state index is -0.856. The first-order valence-corrected chi connectivity index (χ1v) is 7.71. The zero-order chi connectivity index (χ0) is 16.8. The minimum absolute atomic E-state index is 0.0799. The molecule has 0 fully saturated rings. The van der Waals surface area contributed by atoms with Crippen LogP contribution in [0.5, 0.6) is 0 Å². The van der Waals surface area contributed by atoms with Crippen LogP contribution in [0.15, 0.2) is 0 Å². The molecule has 1 unspecified atom stereocenters. The van der Waals surface area contributed by atoms with E-state index in [0.29, 0.717) is 18.9 Å². The van der Waals surface area contributed by atoms with Crippen molar-refractivity contribution in [3.63, 3.8) is 0 Å². The van der Waals surface area contributed by atoms with Gasteiger partial charge in [0.2, 0.25) is 0 Å². The number of carbonyl (C=O) groups is 2. The van der Waals surface area contributed by atoms with Crippen molar-refractivity contribution >= 4 is 12.0 Å². The van der Waals surface area contributed by atoms with E-state index in [1.165, 1.54) is 0 Å². The van der Waals surface area contributed by atoms with Gasteiger partial charge in [0.25, 0.3) is 0 Å². The summed E-state index contributed by atoms with van der Waals surface area (Å²) < 4.78 is 0. The summed E-state index contributed by atoms with van der Waals surface area (Å²) in [6, 6.07) is -0.0860. The normalized spacial score (nSPS) is 13.4. The zero-order valence-electron chi connectivity index (χ0n) is 14.6. The van der Waals surface area contributed by atoms with Crippen LogP contribution in [0.3, 0.4) is 0 Å². The van der Waals surface area contributed by atoms with Gasteiger partial charge in [-0.15, -0.1) is 0 Å². The van der Waals surface area contributed by atoms with Crippen molar-refractivity contribution in [2.45, 2.75) is 60.9 Å². The molecule has 0 aromatic carbocycles. The van der Waals surface area contributed by atoms with E-state index < -0.39 is 11.9 Å². The maximum absolute atomic E-state index is 12.2. The van der Waals surface area contributed by atoms with Crippen molar-refractivity contribution < 1.29 is 14.7 Å². The molecule has 0 saturated carbocycles. The van der Waals surface area contributed by atoms with Crippen LogP contribution in [0.4, 0.5) is 4.79 Å². The number of nitrogens with one attached hydrogen (secondary N) is 1. The van der Waals surface area contributed by atoms with E-state index in [1.54, 1.807) is 4.90 Å². The Morgan fingerprint density at radius 2 is 1.67 bits per heavy atom. The fraction of sp³-hybridized carbons (Fsp3) is 0.875. The first-order chi connectivity index (χ1) is 9.44. The van der Waals surface area contributed by atoms with Gasteiger partial charge in [0, 0.05) is 19.1 Å². The predicted octanol–water partition coefficient (Wildman–Crippen LogP) is 3.20. The first kappa shape index (κ1) is 19.7. The minimum Gasteiger partial charge on any atom is -0.481 e. The summed E-state index contributed by atoms with van der Waals surface area (Å²) in [5, 5.41) is 12.1. The Hall–Kier alpha value is -1.26. The standard InChI is InChI=1S/C16H32N2O3/c1-11(2)10-18(12(3)4)15(21)17-9-13(14(19)20)8-16(5,6)7/h11-13H,8-10H2,1-7H3,(H,17,21)(H,19,20). The fourth-order valence-corrected chi connectivity index (χ4v) is 2.22. The summed E-state index contributed by atoms with van der Waals surface area (Å²) in [5.41, 5.74) is -0.0799. The van der Waals surface area contributed by atoms with E-state index in [0.717, 1.165) is 0 Å². The molecule has 2 amide bonds. The summed E-state index contributed by atoms with van der Waals surface area (Å²) in [4.78, 5) is 25.3. The summed E-state index contributed by atoms with van der Waals surface area (Å²) in [7, 11) is 0. The van der Waals surface area contributed by atoms with Gasteiger partial charge in [-0.05, 0) is 31.6 Å². The second-order valence-electron chi connectivity index (χ2n) is 7.63. The van der Waals surface area contributed by atoms with Crippen LogP contribution in [0.1, 0.15) is 54.9 Å². The Kier molecular flexibility index (Phi) is 7.75. The summed E-state index contributed by atoms with van der Waals surface area (Å²) in [6.07, 6.45) is 0.536. The Morgan fingerprint density at radius 1 is 1.14 bits per heavy atom. The third-order valence-electron chi connectivity index (χ3n) is 3.15. The van der Waals surface area contributed by atoms with Crippen molar-refractivity contribution in [1.82, 2.24) is 10.2 Å². The maximum Gasteiger partial charge on any atom is 0.317 e. The lowest BCUT2D eigenvalue weighted by atomic mass is 9.84. The molecule has 0 saturated heterocycles. The van der Waals surface area contributed by atoms with E-state index in [1.807, 2.05) is 34.6 Å². The molecule has 0 rings (SSSR count). The van der Waals surface area contributed by atoms with Crippen LogP contribution < -0.4 is 5.32 Å². The molecule has 5 heteroatoms. The second kappa shape index (κ2) is 8.25. The topological polar surface area (TPSA) is 69.6 Å². The lowest BCUT2D eigenvalue weighted by molar-refractivity contribution is -0.142. The molecule has 0 heterocycles. The second-order valence-corrected chi connectivity index (χ2v) is 7.63. The molecule has 0 aromatic rings. The molecule has 0 bridgehead atoms. The van der Waals surface area contributed by atoms with Gasteiger partial charge >= 0.3 is 12.0 Å². The first-order valence-electron chi connectivity index (χ1n) is 7.71. The molecule has 0 aliphatic rings. The van der Waals surface area contributed by atoms with E-state index in [-0.39, 0.29) is 24.0 Å². The van der Waals surface area contributed by atoms with Gasteiger partial charge in [-0.1, -0.05) is 34.6 Å². The predicted molar refractivity (Wildman–Crippen MR) is 85.3 cm³/mol. The van der Waals surface area contributed by atoms with Crippen LogP contribution >= 0.6 is 0 Å². The van der Waals surface area contributed by atoms with Crippen LogP contribution in [0.2, 0.25) is 0 Å². The molecule has 0 aliphatic carbocycles. The van der Waals surface area contributed by atoms with Crippen molar-refractivity contribution in [3.05, 3.63) is 0 Å². The molecule has 5 nitrogen and oxygen atoms in total. The number of hydrogen-bond acceptors (Lipinski definition) is 2. The number of urea groups is 1. The van der Waals surface area contributed by atoms with Gasteiger partial charge in [-0.2, -0.15) is 0 Å². The van der Waals surface area contributed by atoms with Crippen molar-refractivity contribution in [1.29, 1.82) is 0 Å². The highest BCUT2D eigenvalue weighted by Gasteiger charge is 2.26. The number of carboxylic acid groups (broad SMARTS) is 1. The summed E-state index contributed by atoms with van der Waals surface area (Å²) >= 11 is 0. The molecule has 1 atom stereocenters. The molecule has 0 spiro atoms. The van der Waals surface area contributed by atoms with Crippen molar-refractivity contribution in [2.75, 3.05) is 13.1 Å². The SMILES string of the molecule is CC(C)CN(C(=O)NCC(CC(C)(C)C)C(=O)O)C(C)C. The number of amides is 2. The largest absolute Gasteiger partial charge is 0.481 e. The Balaban J connectivity index is 4.63. The number of nitrogens with zero attached hydrogens (tertiary/aromatic N) is 1. The zero-order valence-corrected chi connectivity index (χ0v) is 14.6. The number of hydrogen-bond donors (Lipinski definition) is 2. The molecule has 124 valence electrons. The van der Waals surface area contributed by atoms with Gasteiger partial charge < -0.3 is 15.3 Å². The van der Waals surface area contributed by atoms with Crippen LogP contribution in [-0.4, -0.2) is 41.1 Å². The highest BCUT2D eigenvalue weighted by molar-refractivity contribution is 5.76. The van der Waals surface area contributed by atoms with Crippen LogP contribution in [-0.2, 0) is 4.79 Å². The number of rotatable bonds is 7. The average Bonchev–Trinajstić information content (AvgIpc) is 2.28. The van der Waals surface area contributed by atoms with Gasteiger partial charge in [0.15, 0.2) is 0 Å². The fourth-order valence-electron chi connectivity index (χ4n) is 2.22. The third-order valence-corrected chi connectivity index (χ3v) is 3.15. The lowest BCUT2D eigenvalue weighted by Gasteiger charge is -2.30. The highest BCUT2D eigenvalue weighted by atomic mass is 16.4. The van der Waals surface area contributed by atoms with Crippen molar-refractivity contribution in [2.24, 2.45) is 17.3 Å². The van der Waals surface area contributed by atoms with Crippen LogP contribution in [0.25, 0.3) is 0 Å². The van der Waals surface area contributed by atoms with Gasteiger partial charge in [0.1, 0.15) is 0 Å². The molecule has 21 heavy (non-hydrogen) atoms. The number of aliphatic carboxylic acids is 1. The van der Waals surface area contributed by atoms with E-state index in [4.69, 9.17) is 0 Å². The maximum atomic E-state index is 12.2. The smallest absolute Gasteiger partial charge is 0.317 e. The Bertz CT molecular complexity index is 346. The lowest BCUT2D eigenvalue weighted by Crippen LogP contribution is -2.47.